The van der Waals surface area contributed by atoms with E-state index in [1.165, 1.54) is 0 Å². The number of benzene rings is 2. The highest BCUT2D eigenvalue weighted by Gasteiger charge is 2.09. The summed E-state index contributed by atoms with van der Waals surface area (Å²) in [5.41, 5.74) is 13.1. The van der Waals surface area contributed by atoms with Crippen LogP contribution in [-0.4, -0.2) is 10.2 Å². The third kappa shape index (κ3) is 1.61. The Balaban J connectivity index is 2.61. The Morgan fingerprint density at radius 3 is 2.38 bits per heavy atom. The molecule has 2 aromatic rings. The lowest BCUT2D eigenvalue weighted by Gasteiger charge is -2.09. The minimum Gasteiger partial charge on any atom is -0.508 e. The lowest BCUT2D eigenvalue weighted by atomic mass is 10.0. The van der Waals surface area contributed by atoms with Gasteiger partial charge in [0.2, 0.25) is 0 Å². The van der Waals surface area contributed by atoms with Crippen molar-refractivity contribution in [3.63, 3.8) is 0 Å². The van der Waals surface area contributed by atoms with Crippen molar-refractivity contribution in [2.75, 3.05) is 11.5 Å². The molecular weight excluding hydrogens is 204 g/mol. The SMILES string of the molecule is Nc1ccc(-c2cccc(O)c2)c(N)c1O. The van der Waals surface area contributed by atoms with Gasteiger partial charge in [-0.2, -0.15) is 0 Å². The lowest BCUT2D eigenvalue weighted by Crippen LogP contribution is -1.94. The van der Waals surface area contributed by atoms with Crippen LogP contribution in [0.5, 0.6) is 11.5 Å². The number of phenols is 2. The molecule has 0 aromatic heterocycles. The van der Waals surface area contributed by atoms with Crippen LogP contribution >= 0.6 is 0 Å². The normalized spacial score (nSPS) is 10.2. The molecule has 0 amide bonds. The molecule has 0 atom stereocenters. The van der Waals surface area contributed by atoms with Crippen LogP contribution in [0, 0.1) is 0 Å². The molecule has 4 nitrogen and oxygen atoms in total. The Morgan fingerprint density at radius 1 is 0.938 bits per heavy atom. The molecule has 0 radical (unpaired) electrons. The maximum atomic E-state index is 9.61. The minimum absolute atomic E-state index is 0.124. The van der Waals surface area contributed by atoms with Crippen LogP contribution in [0.15, 0.2) is 36.4 Å². The Labute approximate surface area is 92.8 Å². The van der Waals surface area contributed by atoms with E-state index in [9.17, 15) is 10.2 Å². The van der Waals surface area contributed by atoms with Gasteiger partial charge in [-0.1, -0.05) is 12.1 Å². The van der Waals surface area contributed by atoms with Crippen LogP contribution in [0.4, 0.5) is 11.4 Å². The number of nitrogen functional groups attached to an aromatic ring is 2. The zero-order valence-corrected chi connectivity index (χ0v) is 8.51. The van der Waals surface area contributed by atoms with E-state index in [2.05, 4.69) is 0 Å². The lowest BCUT2D eigenvalue weighted by molar-refractivity contribution is 0.475. The van der Waals surface area contributed by atoms with Crippen LogP contribution in [0.3, 0.4) is 0 Å². The third-order valence-electron chi connectivity index (χ3n) is 2.41. The number of phenolic OH excluding ortho intramolecular Hbond substituents is 2. The standard InChI is InChI=1S/C12H12N2O2/c13-10-5-4-9(11(14)12(10)16)7-2-1-3-8(15)6-7/h1-6,15-16H,13-14H2. The molecule has 0 heterocycles. The van der Waals surface area contributed by atoms with Gasteiger partial charge >= 0.3 is 0 Å². The van der Waals surface area contributed by atoms with Gasteiger partial charge in [0.1, 0.15) is 5.75 Å². The minimum atomic E-state index is -0.124. The zero-order chi connectivity index (χ0) is 11.7. The van der Waals surface area contributed by atoms with Crippen LogP contribution in [0.1, 0.15) is 0 Å². The molecule has 0 fully saturated rings. The molecule has 0 aliphatic heterocycles. The van der Waals surface area contributed by atoms with Crippen molar-refractivity contribution in [2.24, 2.45) is 0 Å². The van der Waals surface area contributed by atoms with E-state index >= 15 is 0 Å². The summed E-state index contributed by atoms with van der Waals surface area (Å²) in [4.78, 5) is 0. The number of rotatable bonds is 1. The van der Waals surface area contributed by atoms with Crippen LogP contribution < -0.4 is 11.5 Å². The van der Waals surface area contributed by atoms with E-state index in [4.69, 9.17) is 11.5 Å². The molecule has 2 rings (SSSR count). The molecule has 0 spiro atoms. The predicted molar refractivity (Wildman–Crippen MR) is 64.0 cm³/mol. The number of anilines is 2. The molecule has 2 aromatic carbocycles. The number of aromatic hydroxyl groups is 2. The summed E-state index contributed by atoms with van der Waals surface area (Å²) < 4.78 is 0. The Morgan fingerprint density at radius 2 is 1.69 bits per heavy atom. The molecule has 0 bridgehead atoms. The Hall–Kier alpha value is -2.36. The van der Waals surface area contributed by atoms with Crippen molar-refractivity contribution in [3.8, 4) is 22.6 Å². The molecule has 82 valence electrons. The van der Waals surface area contributed by atoms with Gasteiger partial charge in [0.15, 0.2) is 5.75 Å². The van der Waals surface area contributed by atoms with E-state index in [1.54, 1.807) is 36.4 Å². The van der Waals surface area contributed by atoms with Gasteiger partial charge in [-0.05, 0) is 29.8 Å². The first-order chi connectivity index (χ1) is 7.59. The van der Waals surface area contributed by atoms with Crippen molar-refractivity contribution in [1.29, 1.82) is 0 Å². The molecule has 0 aliphatic carbocycles. The molecule has 0 unspecified atom stereocenters. The molecular formula is C12H12N2O2. The second kappa shape index (κ2) is 3.66. The van der Waals surface area contributed by atoms with Crippen molar-refractivity contribution in [3.05, 3.63) is 36.4 Å². The summed E-state index contributed by atoms with van der Waals surface area (Å²) in [7, 11) is 0. The van der Waals surface area contributed by atoms with Crippen molar-refractivity contribution < 1.29 is 10.2 Å². The highest BCUT2D eigenvalue weighted by atomic mass is 16.3. The fourth-order valence-electron chi connectivity index (χ4n) is 1.55. The van der Waals surface area contributed by atoms with E-state index in [0.29, 0.717) is 5.56 Å². The second-order valence-corrected chi connectivity index (χ2v) is 3.51. The highest BCUT2D eigenvalue weighted by Crippen LogP contribution is 2.37. The maximum absolute atomic E-state index is 9.61. The average Bonchev–Trinajstić information content (AvgIpc) is 2.26. The third-order valence-corrected chi connectivity index (χ3v) is 2.41. The average molecular weight is 216 g/mol. The van der Waals surface area contributed by atoms with Gasteiger partial charge < -0.3 is 21.7 Å². The van der Waals surface area contributed by atoms with E-state index in [1.807, 2.05) is 0 Å². The van der Waals surface area contributed by atoms with Gasteiger partial charge in [-0.3, -0.25) is 0 Å². The van der Waals surface area contributed by atoms with E-state index in [-0.39, 0.29) is 22.9 Å². The molecule has 0 aliphatic rings. The van der Waals surface area contributed by atoms with Crippen molar-refractivity contribution >= 4 is 11.4 Å². The molecule has 4 heteroatoms. The first-order valence-electron chi connectivity index (χ1n) is 4.76. The van der Waals surface area contributed by atoms with Gasteiger partial charge in [-0.15, -0.1) is 0 Å². The smallest absolute Gasteiger partial charge is 0.162 e. The predicted octanol–water partition coefficient (Wildman–Crippen LogP) is 1.93. The summed E-state index contributed by atoms with van der Waals surface area (Å²) in [5.74, 6) is 0.0223. The van der Waals surface area contributed by atoms with Gasteiger partial charge in [0.05, 0.1) is 11.4 Å². The van der Waals surface area contributed by atoms with E-state index < -0.39 is 0 Å². The summed E-state index contributed by atoms with van der Waals surface area (Å²) >= 11 is 0. The van der Waals surface area contributed by atoms with Crippen molar-refractivity contribution in [2.45, 2.75) is 0 Å². The number of hydrogen-bond acceptors (Lipinski definition) is 4. The molecule has 0 saturated heterocycles. The molecule has 0 saturated carbocycles. The quantitative estimate of drug-likeness (QED) is 0.433. The topological polar surface area (TPSA) is 92.5 Å². The van der Waals surface area contributed by atoms with Crippen LogP contribution in [0.2, 0.25) is 0 Å². The fraction of sp³-hybridized carbons (Fsp3) is 0. The van der Waals surface area contributed by atoms with Crippen molar-refractivity contribution in [1.82, 2.24) is 0 Å². The molecule has 16 heavy (non-hydrogen) atoms. The zero-order valence-electron chi connectivity index (χ0n) is 8.51. The van der Waals surface area contributed by atoms with E-state index in [0.717, 1.165) is 5.56 Å². The monoisotopic (exact) mass is 216 g/mol. The summed E-state index contributed by atoms with van der Waals surface area (Å²) in [6, 6.07) is 9.92. The maximum Gasteiger partial charge on any atom is 0.162 e. The Bertz CT molecular complexity index is 539. The molecule has 6 N–H and O–H groups in total. The van der Waals surface area contributed by atoms with Gasteiger partial charge in [-0.25, -0.2) is 0 Å². The fourth-order valence-corrected chi connectivity index (χ4v) is 1.55. The number of hydrogen-bond donors (Lipinski definition) is 4. The largest absolute Gasteiger partial charge is 0.508 e. The number of nitrogens with two attached hydrogens (primary N) is 2. The highest BCUT2D eigenvalue weighted by molar-refractivity contribution is 5.85. The van der Waals surface area contributed by atoms with Gasteiger partial charge in [0, 0.05) is 5.56 Å². The van der Waals surface area contributed by atoms with Crippen LogP contribution in [-0.2, 0) is 0 Å². The second-order valence-electron chi connectivity index (χ2n) is 3.51. The van der Waals surface area contributed by atoms with Gasteiger partial charge in [0.25, 0.3) is 0 Å². The summed E-state index contributed by atoms with van der Waals surface area (Å²) in [5, 5.41) is 19.0. The summed E-state index contributed by atoms with van der Waals surface area (Å²) in [6.07, 6.45) is 0. The summed E-state index contributed by atoms with van der Waals surface area (Å²) in [6.45, 7) is 0. The van der Waals surface area contributed by atoms with Crippen LogP contribution in [0.25, 0.3) is 11.1 Å². The first kappa shape index (κ1) is 10.2. The first-order valence-corrected chi connectivity index (χ1v) is 4.76. The Kier molecular flexibility index (Phi) is 2.32.